The van der Waals surface area contributed by atoms with Crippen molar-refractivity contribution in [3.63, 3.8) is 0 Å². The van der Waals surface area contributed by atoms with Gasteiger partial charge >= 0.3 is 6.18 Å². The van der Waals surface area contributed by atoms with Crippen LogP contribution in [-0.2, 0) is 11.3 Å². The molecule has 20 heavy (non-hydrogen) atoms. The molecule has 0 aliphatic carbocycles. The molecule has 0 radical (unpaired) electrons. The number of hydrogen-bond acceptors (Lipinski definition) is 4. The van der Waals surface area contributed by atoms with E-state index in [1.807, 2.05) is 0 Å². The molecule has 0 spiro atoms. The highest BCUT2D eigenvalue weighted by molar-refractivity contribution is 5.85. The topological polar surface area (TPSA) is 63.2 Å². The highest BCUT2D eigenvalue weighted by Crippen LogP contribution is 2.19. The van der Waals surface area contributed by atoms with Crippen molar-refractivity contribution in [1.29, 1.82) is 0 Å². The monoisotopic (exact) mass is 313 g/mol. The number of nitrogens with zero attached hydrogens (tertiary/aromatic N) is 1. The molecule has 1 amide bonds. The van der Waals surface area contributed by atoms with Gasteiger partial charge in [-0.3, -0.25) is 4.79 Å². The molecule has 0 aliphatic rings. The van der Waals surface area contributed by atoms with E-state index >= 15 is 0 Å². The normalized spacial score (nSPS) is 10.6. The van der Waals surface area contributed by atoms with Crippen molar-refractivity contribution in [2.24, 2.45) is 0 Å². The molecule has 114 valence electrons. The quantitative estimate of drug-likeness (QED) is 0.830. The highest BCUT2D eigenvalue weighted by Gasteiger charge is 2.29. The second kappa shape index (κ2) is 8.60. The van der Waals surface area contributed by atoms with Crippen LogP contribution in [0, 0.1) is 0 Å². The van der Waals surface area contributed by atoms with E-state index in [0.29, 0.717) is 5.56 Å². The second-order valence-electron chi connectivity index (χ2n) is 3.68. The van der Waals surface area contributed by atoms with Gasteiger partial charge in [0.2, 0.25) is 11.8 Å². The summed E-state index contributed by atoms with van der Waals surface area (Å²) >= 11 is 0. The average Bonchev–Trinajstić information content (AvgIpc) is 2.34. The zero-order valence-corrected chi connectivity index (χ0v) is 11.5. The van der Waals surface area contributed by atoms with E-state index in [1.165, 1.54) is 6.20 Å². The molecule has 1 aromatic rings. The fourth-order valence-corrected chi connectivity index (χ4v) is 1.26. The fourth-order valence-electron chi connectivity index (χ4n) is 1.26. The van der Waals surface area contributed by atoms with Gasteiger partial charge in [0.1, 0.15) is 0 Å². The minimum absolute atomic E-state index is 0. The summed E-state index contributed by atoms with van der Waals surface area (Å²) in [5, 5.41) is 5.19. The predicted molar refractivity (Wildman–Crippen MR) is 68.8 cm³/mol. The number of alkyl halides is 3. The Morgan fingerprint density at radius 1 is 1.45 bits per heavy atom. The van der Waals surface area contributed by atoms with Crippen LogP contribution in [0.3, 0.4) is 0 Å². The first-order valence-corrected chi connectivity index (χ1v) is 5.47. The Morgan fingerprint density at radius 3 is 2.75 bits per heavy atom. The molecule has 1 aromatic heterocycles. The van der Waals surface area contributed by atoms with Crippen LogP contribution >= 0.6 is 12.4 Å². The van der Waals surface area contributed by atoms with E-state index in [2.05, 4.69) is 20.4 Å². The third kappa shape index (κ3) is 7.15. The Bertz CT molecular complexity index is 430. The molecule has 1 heterocycles. The number of amides is 1. The van der Waals surface area contributed by atoms with Gasteiger partial charge in [-0.1, -0.05) is 6.07 Å². The number of nitrogens with one attached hydrogen (secondary N) is 2. The standard InChI is InChI=1S/C11H14F3N3O2.ClH/c1-15-6-9(18)17-5-8-3-2-4-16-10(8)19-7-11(12,13)14;/h2-4,15H,5-7H2,1H3,(H,17,18);1H. The molecule has 0 unspecified atom stereocenters. The first kappa shape index (κ1) is 18.5. The molecule has 2 N–H and O–H groups in total. The maximum absolute atomic E-state index is 12.1. The van der Waals surface area contributed by atoms with Gasteiger partial charge in [0.15, 0.2) is 6.61 Å². The zero-order valence-electron chi connectivity index (χ0n) is 10.7. The Morgan fingerprint density at radius 2 is 2.15 bits per heavy atom. The van der Waals surface area contributed by atoms with E-state index in [4.69, 9.17) is 0 Å². The van der Waals surface area contributed by atoms with Gasteiger partial charge < -0.3 is 15.4 Å². The van der Waals surface area contributed by atoms with E-state index in [-0.39, 0.29) is 37.3 Å². The number of hydrogen-bond donors (Lipinski definition) is 2. The van der Waals surface area contributed by atoms with Gasteiger partial charge in [-0.15, -0.1) is 12.4 Å². The molecule has 0 saturated heterocycles. The van der Waals surface area contributed by atoms with Crippen molar-refractivity contribution >= 4 is 18.3 Å². The molecule has 0 saturated carbocycles. The van der Waals surface area contributed by atoms with Gasteiger partial charge in [0, 0.05) is 18.3 Å². The molecule has 0 aromatic carbocycles. The van der Waals surface area contributed by atoms with E-state index < -0.39 is 12.8 Å². The van der Waals surface area contributed by atoms with Crippen molar-refractivity contribution in [3.05, 3.63) is 23.9 Å². The minimum Gasteiger partial charge on any atom is -0.468 e. The molecule has 5 nitrogen and oxygen atoms in total. The van der Waals surface area contributed by atoms with Crippen LogP contribution in [0.5, 0.6) is 5.88 Å². The molecule has 1 rings (SSSR count). The lowest BCUT2D eigenvalue weighted by atomic mass is 10.2. The third-order valence-corrected chi connectivity index (χ3v) is 2.04. The number of aromatic nitrogens is 1. The number of rotatable bonds is 6. The lowest BCUT2D eigenvalue weighted by molar-refractivity contribution is -0.154. The molecule has 0 aliphatic heterocycles. The largest absolute Gasteiger partial charge is 0.468 e. The number of likely N-dealkylation sites (N-methyl/N-ethyl adjacent to an activating group) is 1. The van der Waals surface area contributed by atoms with Gasteiger partial charge in [-0.2, -0.15) is 13.2 Å². The third-order valence-electron chi connectivity index (χ3n) is 2.04. The van der Waals surface area contributed by atoms with Crippen molar-refractivity contribution in [1.82, 2.24) is 15.6 Å². The van der Waals surface area contributed by atoms with E-state index in [1.54, 1.807) is 19.2 Å². The second-order valence-corrected chi connectivity index (χ2v) is 3.68. The van der Waals surface area contributed by atoms with Gasteiger partial charge in [0.05, 0.1) is 6.54 Å². The zero-order chi connectivity index (χ0) is 14.3. The summed E-state index contributed by atoms with van der Waals surface area (Å²) in [5.74, 6) is -0.405. The number of pyridine rings is 1. The van der Waals surface area contributed by atoms with Crippen molar-refractivity contribution < 1.29 is 22.7 Å². The first-order chi connectivity index (χ1) is 8.92. The maximum Gasteiger partial charge on any atom is 0.422 e. The van der Waals surface area contributed by atoms with Crippen LogP contribution in [0.1, 0.15) is 5.56 Å². The van der Waals surface area contributed by atoms with Gasteiger partial charge in [-0.25, -0.2) is 4.98 Å². The number of ether oxygens (including phenoxy) is 1. The van der Waals surface area contributed by atoms with Crippen molar-refractivity contribution in [3.8, 4) is 5.88 Å². The van der Waals surface area contributed by atoms with Crippen molar-refractivity contribution in [2.45, 2.75) is 12.7 Å². The first-order valence-electron chi connectivity index (χ1n) is 5.47. The summed E-state index contributed by atoms with van der Waals surface area (Å²) in [7, 11) is 1.61. The minimum atomic E-state index is -4.43. The number of halogens is 4. The smallest absolute Gasteiger partial charge is 0.422 e. The SMILES string of the molecule is CNCC(=O)NCc1cccnc1OCC(F)(F)F.Cl. The Balaban J connectivity index is 0.00000361. The van der Waals surface area contributed by atoms with E-state index in [9.17, 15) is 18.0 Å². The summed E-state index contributed by atoms with van der Waals surface area (Å²) in [6.07, 6.45) is -3.10. The highest BCUT2D eigenvalue weighted by atomic mass is 35.5. The van der Waals surface area contributed by atoms with Crippen LogP contribution in [0.4, 0.5) is 13.2 Å². The number of carbonyl (C=O) groups is 1. The van der Waals surface area contributed by atoms with Crippen LogP contribution < -0.4 is 15.4 Å². The lowest BCUT2D eigenvalue weighted by Crippen LogP contribution is -2.32. The Hall–Kier alpha value is -1.54. The summed E-state index contributed by atoms with van der Waals surface area (Å²) in [6, 6.07) is 3.10. The molecule has 9 heteroatoms. The molecule has 0 fully saturated rings. The maximum atomic E-state index is 12.1. The Kier molecular flexibility index (Phi) is 7.93. The summed E-state index contributed by atoms with van der Waals surface area (Å²) < 4.78 is 40.8. The molecular weight excluding hydrogens is 299 g/mol. The summed E-state index contributed by atoms with van der Waals surface area (Å²) in [5.41, 5.74) is 0.385. The number of carbonyl (C=O) groups excluding carboxylic acids is 1. The molecule has 0 atom stereocenters. The van der Waals surface area contributed by atoms with E-state index in [0.717, 1.165) is 0 Å². The Labute approximate surface area is 120 Å². The molecule has 0 bridgehead atoms. The predicted octanol–water partition coefficient (Wildman–Crippen LogP) is 1.28. The van der Waals surface area contributed by atoms with Crippen molar-refractivity contribution in [2.75, 3.05) is 20.2 Å². The molecular formula is C11H15ClF3N3O2. The summed E-state index contributed by atoms with van der Waals surface area (Å²) in [6.45, 7) is -1.23. The lowest BCUT2D eigenvalue weighted by Gasteiger charge is -2.12. The van der Waals surface area contributed by atoms with Crippen LogP contribution in [0.15, 0.2) is 18.3 Å². The van der Waals surface area contributed by atoms with Gasteiger partial charge in [0.25, 0.3) is 0 Å². The van der Waals surface area contributed by atoms with Crippen LogP contribution in [0.25, 0.3) is 0 Å². The van der Waals surface area contributed by atoms with Gasteiger partial charge in [-0.05, 0) is 13.1 Å². The summed E-state index contributed by atoms with van der Waals surface area (Å²) in [4.78, 5) is 14.9. The fraction of sp³-hybridized carbons (Fsp3) is 0.455. The van der Waals surface area contributed by atoms with Crippen LogP contribution in [-0.4, -0.2) is 37.3 Å². The van der Waals surface area contributed by atoms with Crippen LogP contribution in [0.2, 0.25) is 0 Å². The average molecular weight is 314 g/mol.